The summed E-state index contributed by atoms with van der Waals surface area (Å²) < 4.78 is 0.809. The van der Waals surface area contributed by atoms with Crippen LogP contribution in [0.3, 0.4) is 0 Å². The number of pyridine rings is 1. The van der Waals surface area contributed by atoms with Crippen molar-refractivity contribution in [2.75, 3.05) is 0 Å². The lowest BCUT2D eigenvalue weighted by molar-refractivity contribution is 0.0783. The number of rotatable bonds is 1. The molecule has 1 aromatic heterocycles. The summed E-state index contributed by atoms with van der Waals surface area (Å²) >= 11 is 9.05. The molecule has 66 valence electrons. The second-order valence-electron chi connectivity index (χ2n) is 3.05. The monoisotopic (exact) mass is 249 g/mol. The Bertz CT molecular complexity index is 296. The second kappa shape index (κ2) is 3.32. The van der Waals surface area contributed by atoms with Gasteiger partial charge in [0.05, 0.1) is 5.60 Å². The minimum atomic E-state index is -0.951. The van der Waals surface area contributed by atoms with Crippen molar-refractivity contribution in [3.8, 4) is 0 Å². The van der Waals surface area contributed by atoms with Crippen LogP contribution in [-0.2, 0) is 5.60 Å². The smallest absolute Gasteiger partial charge is 0.135 e. The predicted molar refractivity (Wildman–Crippen MR) is 52.2 cm³/mol. The molecule has 0 aliphatic rings. The summed E-state index contributed by atoms with van der Waals surface area (Å²) in [6.07, 6.45) is 1.59. The van der Waals surface area contributed by atoms with Gasteiger partial charge in [-0.25, -0.2) is 4.98 Å². The molecule has 0 amide bonds. The van der Waals surface area contributed by atoms with E-state index in [0.29, 0.717) is 10.7 Å². The van der Waals surface area contributed by atoms with Gasteiger partial charge in [-0.05, 0) is 35.8 Å². The van der Waals surface area contributed by atoms with Gasteiger partial charge >= 0.3 is 0 Å². The van der Waals surface area contributed by atoms with Crippen LogP contribution in [0, 0.1) is 0 Å². The normalized spacial score (nSPS) is 11.8. The van der Waals surface area contributed by atoms with Crippen LogP contribution in [0.1, 0.15) is 19.4 Å². The Morgan fingerprint density at radius 2 is 2.17 bits per heavy atom. The fraction of sp³-hybridized carbons (Fsp3) is 0.375. The number of halogens is 2. The average Bonchev–Trinajstić information content (AvgIpc) is 1.92. The minimum Gasteiger partial charge on any atom is -0.386 e. The van der Waals surface area contributed by atoms with E-state index >= 15 is 0 Å². The summed E-state index contributed by atoms with van der Waals surface area (Å²) in [7, 11) is 0. The van der Waals surface area contributed by atoms with E-state index in [-0.39, 0.29) is 0 Å². The third kappa shape index (κ3) is 2.19. The second-order valence-corrected chi connectivity index (χ2v) is 4.32. The fourth-order valence-electron chi connectivity index (χ4n) is 0.852. The Labute approximate surface area is 84.7 Å². The Morgan fingerprint density at radius 1 is 1.58 bits per heavy atom. The van der Waals surface area contributed by atoms with E-state index in [2.05, 4.69) is 20.9 Å². The van der Waals surface area contributed by atoms with Gasteiger partial charge in [-0.3, -0.25) is 0 Å². The van der Waals surface area contributed by atoms with Crippen LogP contribution >= 0.6 is 27.5 Å². The van der Waals surface area contributed by atoms with Crippen molar-refractivity contribution < 1.29 is 5.11 Å². The molecule has 0 aromatic carbocycles. The molecular weight excluding hydrogens is 241 g/mol. The van der Waals surface area contributed by atoms with Crippen molar-refractivity contribution in [2.45, 2.75) is 19.4 Å². The van der Waals surface area contributed by atoms with Gasteiger partial charge in [0.25, 0.3) is 0 Å². The van der Waals surface area contributed by atoms with Gasteiger partial charge in [-0.1, -0.05) is 11.6 Å². The van der Waals surface area contributed by atoms with Gasteiger partial charge in [0.1, 0.15) is 5.15 Å². The highest BCUT2D eigenvalue weighted by Gasteiger charge is 2.20. The topological polar surface area (TPSA) is 33.1 Å². The molecule has 0 fully saturated rings. The van der Waals surface area contributed by atoms with Crippen molar-refractivity contribution in [1.29, 1.82) is 0 Å². The van der Waals surface area contributed by atoms with Gasteiger partial charge in [0, 0.05) is 16.2 Å². The van der Waals surface area contributed by atoms with Crippen molar-refractivity contribution >= 4 is 27.5 Å². The maximum absolute atomic E-state index is 9.65. The molecule has 1 aromatic rings. The lowest BCUT2D eigenvalue weighted by Crippen LogP contribution is -2.16. The van der Waals surface area contributed by atoms with E-state index in [0.717, 1.165) is 4.47 Å². The van der Waals surface area contributed by atoms with Crippen LogP contribution in [0.2, 0.25) is 5.15 Å². The van der Waals surface area contributed by atoms with E-state index in [1.807, 2.05) is 0 Å². The van der Waals surface area contributed by atoms with Gasteiger partial charge in [-0.15, -0.1) is 0 Å². The molecule has 0 saturated heterocycles. The van der Waals surface area contributed by atoms with E-state index in [9.17, 15) is 5.11 Å². The minimum absolute atomic E-state index is 0.339. The molecule has 0 saturated carbocycles. The number of aliphatic hydroxyl groups is 1. The molecule has 12 heavy (non-hydrogen) atoms. The van der Waals surface area contributed by atoms with Gasteiger partial charge < -0.3 is 5.11 Å². The molecule has 0 radical (unpaired) electrons. The summed E-state index contributed by atoms with van der Waals surface area (Å²) in [5.74, 6) is 0. The summed E-state index contributed by atoms with van der Waals surface area (Å²) in [5, 5.41) is 9.99. The fourth-order valence-corrected chi connectivity index (χ4v) is 1.52. The van der Waals surface area contributed by atoms with E-state index in [1.165, 1.54) is 0 Å². The number of hydrogen-bond acceptors (Lipinski definition) is 2. The largest absolute Gasteiger partial charge is 0.386 e. The molecule has 4 heteroatoms. The van der Waals surface area contributed by atoms with Gasteiger partial charge in [0.15, 0.2) is 0 Å². The van der Waals surface area contributed by atoms with Crippen LogP contribution in [0.4, 0.5) is 0 Å². The molecule has 0 aliphatic carbocycles. The summed E-state index contributed by atoms with van der Waals surface area (Å²) in [4.78, 5) is 3.90. The standard InChI is InChI=1S/C8H9BrClNO/c1-8(2,12)6-3-5(9)4-11-7(6)10/h3-4,12H,1-2H3. The van der Waals surface area contributed by atoms with Crippen LogP contribution in [0.5, 0.6) is 0 Å². The first-order chi connectivity index (χ1) is 5.41. The van der Waals surface area contributed by atoms with Crippen molar-refractivity contribution in [3.63, 3.8) is 0 Å². The molecule has 1 N–H and O–H groups in total. The molecular formula is C8H9BrClNO. The molecule has 0 spiro atoms. The highest BCUT2D eigenvalue weighted by molar-refractivity contribution is 9.10. The molecule has 1 rings (SSSR count). The van der Waals surface area contributed by atoms with Crippen molar-refractivity contribution in [2.24, 2.45) is 0 Å². The lowest BCUT2D eigenvalue weighted by atomic mass is 10.0. The number of hydrogen-bond donors (Lipinski definition) is 1. The predicted octanol–water partition coefficient (Wildman–Crippen LogP) is 2.72. The molecule has 0 bridgehead atoms. The molecule has 0 atom stereocenters. The quantitative estimate of drug-likeness (QED) is 0.778. The lowest BCUT2D eigenvalue weighted by Gasteiger charge is -2.18. The van der Waals surface area contributed by atoms with E-state index in [4.69, 9.17) is 11.6 Å². The Balaban J connectivity index is 3.23. The zero-order valence-corrected chi connectivity index (χ0v) is 9.15. The Hall–Kier alpha value is -0.120. The molecule has 1 heterocycles. The van der Waals surface area contributed by atoms with Crippen molar-refractivity contribution in [1.82, 2.24) is 4.98 Å². The molecule has 0 unspecified atom stereocenters. The average molecular weight is 251 g/mol. The first-order valence-corrected chi connectivity index (χ1v) is 4.62. The maximum Gasteiger partial charge on any atom is 0.135 e. The molecule has 0 aliphatic heterocycles. The van der Waals surface area contributed by atoms with Crippen LogP contribution in [0.15, 0.2) is 16.7 Å². The maximum atomic E-state index is 9.65. The number of aromatic nitrogens is 1. The number of nitrogens with zero attached hydrogens (tertiary/aromatic N) is 1. The van der Waals surface area contributed by atoms with E-state index < -0.39 is 5.60 Å². The van der Waals surface area contributed by atoms with Crippen LogP contribution < -0.4 is 0 Å². The first-order valence-electron chi connectivity index (χ1n) is 3.45. The Morgan fingerprint density at radius 3 is 2.58 bits per heavy atom. The van der Waals surface area contributed by atoms with Gasteiger partial charge in [-0.2, -0.15) is 0 Å². The SMILES string of the molecule is CC(C)(O)c1cc(Br)cnc1Cl. The molecule has 2 nitrogen and oxygen atoms in total. The zero-order valence-electron chi connectivity index (χ0n) is 6.81. The van der Waals surface area contributed by atoms with E-state index in [1.54, 1.807) is 26.1 Å². The highest BCUT2D eigenvalue weighted by Crippen LogP contribution is 2.27. The summed E-state index contributed by atoms with van der Waals surface area (Å²) in [6.45, 7) is 3.34. The van der Waals surface area contributed by atoms with Crippen LogP contribution in [0.25, 0.3) is 0 Å². The zero-order chi connectivity index (χ0) is 9.35. The first kappa shape index (κ1) is 9.96. The van der Waals surface area contributed by atoms with Crippen LogP contribution in [-0.4, -0.2) is 10.1 Å². The van der Waals surface area contributed by atoms with Crippen molar-refractivity contribution in [3.05, 3.63) is 27.5 Å². The highest BCUT2D eigenvalue weighted by atomic mass is 79.9. The summed E-state index contributed by atoms with van der Waals surface area (Å²) in [6, 6.07) is 1.76. The third-order valence-corrected chi connectivity index (χ3v) is 2.20. The summed E-state index contributed by atoms with van der Waals surface area (Å²) in [5.41, 5.74) is -0.327. The Kier molecular flexibility index (Phi) is 2.76. The van der Waals surface area contributed by atoms with Gasteiger partial charge in [0.2, 0.25) is 0 Å². The third-order valence-electron chi connectivity index (χ3n) is 1.46.